The molecular weight excluding hydrogens is 422 g/mol. The lowest BCUT2D eigenvalue weighted by Gasteiger charge is -2.40. The quantitative estimate of drug-likeness (QED) is 0.663. The van der Waals surface area contributed by atoms with Crippen LogP contribution in [0.1, 0.15) is 40.9 Å². The van der Waals surface area contributed by atoms with Crippen LogP contribution < -0.4 is 10.1 Å². The Morgan fingerprint density at radius 2 is 1.81 bits per heavy atom. The number of piperazine rings is 1. The number of hydrogen-bond donors (Lipinski definition) is 1. The average Bonchev–Trinajstić information content (AvgIpc) is 3.55. The molecular formula is C25H33N3O3S. The molecule has 1 aromatic heterocycles. The van der Waals surface area contributed by atoms with Crippen molar-refractivity contribution in [3.8, 4) is 5.75 Å². The van der Waals surface area contributed by atoms with E-state index in [0.717, 1.165) is 43.0 Å². The van der Waals surface area contributed by atoms with Gasteiger partial charge in [0.15, 0.2) is 0 Å². The molecule has 172 valence electrons. The minimum atomic E-state index is -0.0904. The molecule has 0 bridgehead atoms. The maximum Gasteiger partial charge on any atom is 0.264 e. The van der Waals surface area contributed by atoms with Gasteiger partial charge in [0.1, 0.15) is 5.75 Å². The molecule has 1 aromatic carbocycles. The third-order valence-electron chi connectivity index (χ3n) is 6.71. The van der Waals surface area contributed by atoms with Crippen molar-refractivity contribution in [2.45, 2.75) is 38.1 Å². The van der Waals surface area contributed by atoms with E-state index in [1.54, 1.807) is 7.11 Å². The number of amides is 2. The van der Waals surface area contributed by atoms with Crippen molar-refractivity contribution >= 4 is 23.2 Å². The standard InChI is InChI=1S/C25H33N3O3S/c1-31-21-10-8-19(9-11-21)12-13-26-24(29)23(20-5-2-3-6-20)27-14-16-28(17-15-27)25(30)22-7-4-18-32-22/h4,7-11,18,20,23H,2-3,5-6,12-17H2,1H3,(H,26,29). The monoisotopic (exact) mass is 455 g/mol. The number of ether oxygens (including phenoxy) is 1. The maximum atomic E-state index is 13.3. The molecule has 6 nitrogen and oxygen atoms in total. The van der Waals surface area contributed by atoms with Gasteiger partial charge in [-0.2, -0.15) is 0 Å². The molecule has 2 aliphatic rings. The van der Waals surface area contributed by atoms with Gasteiger partial charge in [-0.1, -0.05) is 31.0 Å². The van der Waals surface area contributed by atoms with Gasteiger partial charge in [0.05, 0.1) is 18.0 Å². The summed E-state index contributed by atoms with van der Waals surface area (Å²) in [5.41, 5.74) is 1.18. The molecule has 1 aliphatic carbocycles. The van der Waals surface area contributed by atoms with Crippen LogP contribution in [0.2, 0.25) is 0 Å². The highest BCUT2D eigenvalue weighted by atomic mass is 32.1. The van der Waals surface area contributed by atoms with Crippen LogP contribution in [-0.4, -0.2) is 67.5 Å². The van der Waals surface area contributed by atoms with Gasteiger partial charge in [0.2, 0.25) is 5.91 Å². The number of benzene rings is 1. The second-order valence-corrected chi connectivity index (χ2v) is 9.63. The number of nitrogens with one attached hydrogen (secondary N) is 1. The molecule has 2 heterocycles. The third-order valence-corrected chi connectivity index (χ3v) is 7.57. The van der Waals surface area contributed by atoms with Crippen molar-refractivity contribution in [3.05, 3.63) is 52.2 Å². The molecule has 1 N–H and O–H groups in total. The van der Waals surface area contributed by atoms with Gasteiger partial charge in [-0.05, 0) is 54.3 Å². The van der Waals surface area contributed by atoms with E-state index in [4.69, 9.17) is 4.74 Å². The summed E-state index contributed by atoms with van der Waals surface area (Å²) < 4.78 is 5.21. The van der Waals surface area contributed by atoms with Crippen LogP contribution in [0.5, 0.6) is 5.75 Å². The van der Waals surface area contributed by atoms with E-state index in [9.17, 15) is 9.59 Å². The second kappa shape index (κ2) is 11.0. The van der Waals surface area contributed by atoms with Crippen molar-refractivity contribution in [1.82, 2.24) is 15.1 Å². The summed E-state index contributed by atoms with van der Waals surface area (Å²) in [5.74, 6) is 1.51. The summed E-state index contributed by atoms with van der Waals surface area (Å²) in [6.07, 6.45) is 5.44. The zero-order valence-electron chi connectivity index (χ0n) is 18.8. The molecule has 1 saturated carbocycles. The van der Waals surface area contributed by atoms with Gasteiger partial charge in [-0.25, -0.2) is 0 Å². The number of carbonyl (C=O) groups excluding carboxylic acids is 2. The molecule has 4 rings (SSSR count). The van der Waals surface area contributed by atoms with Crippen molar-refractivity contribution in [2.75, 3.05) is 39.8 Å². The summed E-state index contributed by atoms with van der Waals surface area (Å²) in [6.45, 7) is 3.50. The first-order valence-electron chi connectivity index (χ1n) is 11.6. The van der Waals surface area contributed by atoms with Crippen molar-refractivity contribution in [1.29, 1.82) is 0 Å². The van der Waals surface area contributed by atoms with Gasteiger partial charge >= 0.3 is 0 Å². The number of nitrogens with zero attached hydrogens (tertiary/aromatic N) is 2. The van der Waals surface area contributed by atoms with Crippen LogP contribution >= 0.6 is 11.3 Å². The summed E-state index contributed by atoms with van der Waals surface area (Å²) in [7, 11) is 1.66. The Labute approximate surface area is 194 Å². The number of carbonyl (C=O) groups is 2. The maximum absolute atomic E-state index is 13.3. The molecule has 7 heteroatoms. The fourth-order valence-corrected chi connectivity index (χ4v) is 5.63. The van der Waals surface area contributed by atoms with Crippen molar-refractivity contribution in [2.24, 2.45) is 5.92 Å². The molecule has 2 aromatic rings. The third kappa shape index (κ3) is 5.51. The Hall–Kier alpha value is -2.38. The Bertz CT molecular complexity index is 870. The van der Waals surface area contributed by atoms with E-state index in [1.807, 2.05) is 46.7 Å². The van der Waals surface area contributed by atoms with Crippen LogP contribution in [-0.2, 0) is 11.2 Å². The van der Waals surface area contributed by atoms with Crippen molar-refractivity contribution in [3.63, 3.8) is 0 Å². The average molecular weight is 456 g/mol. The first kappa shape index (κ1) is 22.8. The smallest absolute Gasteiger partial charge is 0.264 e. The summed E-state index contributed by atoms with van der Waals surface area (Å²) in [5, 5.41) is 5.14. The van der Waals surface area contributed by atoms with E-state index in [0.29, 0.717) is 25.6 Å². The van der Waals surface area contributed by atoms with E-state index in [1.165, 1.54) is 29.7 Å². The lowest BCUT2D eigenvalue weighted by molar-refractivity contribution is -0.129. The number of thiophene rings is 1. The Kier molecular flexibility index (Phi) is 7.81. The van der Waals surface area contributed by atoms with Gasteiger partial charge in [0, 0.05) is 32.7 Å². The minimum Gasteiger partial charge on any atom is -0.497 e. The number of hydrogen-bond acceptors (Lipinski definition) is 5. The number of methoxy groups -OCH3 is 1. The second-order valence-electron chi connectivity index (χ2n) is 8.68. The van der Waals surface area contributed by atoms with Crippen LogP contribution in [0.25, 0.3) is 0 Å². The van der Waals surface area contributed by atoms with Gasteiger partial charge in [0.25, 0.3) is 5.91 Å². The SMILES string of the molecule is COc1ccc(CCNC(=O)C(C2CCCC2)N2CCN(C(=O)c3cccs3)CC2)cc1. The first-order chi connectivity index (χ1) is 15.7. The normalized spacial score (nSPS) is 18.5. The lowest BCUT2D eigenvalue weighted by Crippen LogP contribution is -2.58. The van der Waals surface area contributed by atoms with E-state index in [-0.39, 0.29) is 17.9 Å². The van der Waals surface area contributed by atoms with Crippen molar-refractivity contribution < 1.29 is 14.3 Å². The molecule has 2 fully saturated rings. The first-order valence-corrected chi connectivity index (χ1v) is 12.5. The zero-order valence-corrected chi connectivity index (χ0v) is 19.6. The summed E-state index contributed by atoms with van der Waals surface area (Å²) in [4.78, 5) is 31.0. The lowest BCUT2D eigenvalue weighted by atomic mass is 9.95. The number of rotatable bonds is 8. The molecule has 1 aliphatic heterocycles. The highest BCUT2D eigenvalue weighted by Gasteiger charge is 2.37. The van der Waals surface area contributed by atoms with Gasteiger partial charge in [-0.15, -0.1) is 11.3 Å². The molecule has 0 radical (unpaired) electrons. The summed E-state index contributed by atoms with van der Waals surface area (Å²) >= 11 is 1.49. The molecule has 32 heavy (non-hydrogen) atoms. The molecule has 1 saturated heterocycles. The van der Waals surface area contributed by atoms with E-state index in [2.05, 4.69) is 10.2 Å². The summed E-state index contributed by atoms with van der Waals surface area (Å²) in [6, 6.07) is 11.7. The fraction of sp³-hybridized carbons (Fsp3) is 0.520. The predicted octanol–water partition coefficient (Wildman–Crippen LogP) is 3.43. The Morgan fingerprint density at radius 1 is 1.09 bits per heavy atom. The van der Waals surface area contributed by atoms with Crippen LogP contribution in [0.4, 0.5) is 0 Å². The highest BCUT2D eigenvalue weighted by molar-refractivity contribution is 7.12. The largest absolute Gasteiger partial charge is 0.497 e. The Balaban J connectivity index is 1.32. The Morgan fingerprint density at radius 3 is 2.44 bits per heavy atom. The van der Waals surface area contributed by atoms with E-state index >= 15 is 0 Å². The zero-order chi connectivity index (χ0) is 22.3. The van der Waals surface area contributed by atoms with Crippen LogP contribution in [0, 0.1) is 5.92 Å². The van der Waals surface area contributed by atoms with Crippen LogP contribution in [0.15, 0.2) is 41.8 Å². The highest BCUT2D eigenvalue weighted by Crippen LogP contribution is 2.31. The molecule has 2 amide bonds. The van der Waals surface area contributed by atoms with E-state index < -0.39 is 0 Å². The molecule has 1 atom stereocenters. The molecule has 1 unspecified atom stereocenters. The predicted molar refractivity (Wildman–Crippen MR) is 127 cm³/mol. The topological polar surface area (TPSA) is 61.9 Å². The fourth-order valence-electron chi connectivity index (χ4n) is 4.94. The molecule has 0 spiro atoms. The van der Waals surface area contributed by atoms with Crippen LogP contribution in [0.3, 0.4) is 0 Å². The minimum absolute atomic E-state index is 0.0904. The van der Waals surface area contributed by atoms with Gasteiger partial charge in [-0.3, -0.25) is 14.5 Å². The van der Waals surface area contributed by atoms with Gasteiger partial charge < -0.3 is 15.0 Å².